The number of benzene rings is 2. The van der Waals surface area contributed by atoms with Crippen molar-refractivity contribution in [3.05, 3.63) is 52.7 Å². The summed E-state index contributed by atoms with van der Waals surface area (Å²) in [7, 11) is 0. The highest BCUT2D eigenvalue weighted by Gasteiger charge is 2.19. The second-order valence-corrected chi connectivity index (χ2v) is 7.39. The van der Waals surface area contributed by atoms with Gasteiger partial charge in [0.2, 0.25) is 5.75 Å². The van der Waals surface area contributed by atoms with Gasteiger partial charge in [0.15, 0.2) is 16.9 Å². The minimum Gasteiger partial charge on any atom is -0.504 e. The van der Waals surface area contributed by atoms with Crippen molar-refractivity contribution in [2.24, 2.45) is 0 Å². The van der Waals surface area contributed by atoms with E-state index in [-0.39, 0.29) is 33.6 Å². The van der Waals surface area contributed by atoms with E-state index in [4.69, 9.17) is 9.15 Å². The topological polar surface area (TPSA) is 83.1 Å². The summed E-state index contributed by atoms with van der Waals surface area (Å²) in [4.78, 5) is 15.0. The minimum absolute atomic E-state index is 0.00884. The van der Waals surface area contributed by atoms with Crippen molar-refractivity contribution in [3.8, 4) is 28.6 Å². The minimum atomic E-state index is -0.388. The lowest BCUT2D eigenvalue weighted by molar-refractivity contribution is 0.261. The standard InChI is InChI=1S/C23H25NO5/c25-17-14-19(16-8-2-1-3-9-16)29-20-15-18(26)23(22(27)21(17)20)28-13-7-6-12-24-10-4-5-11-24/h1-3,8-9,14-15,26-27H,4-7,10-13H2. The van der Waals surface area contributed by atoms with Crippen molar-refractivity contribution < 1.29 is 19.4 Å². The lowest BCUT2D eigenvalue weighted by Crippen LogP contribution is -2.20. The fourth-order valence-electron chi connectivity index (χ4n) is 3.78. The van der Waals surface area contributed by atoms with Gasteiger partial charge in [-0.2, -0.15) is 0 Å². The lowest BCUT2D eigenvalue weighted by atomic mass is 10.1. The number of hydrogen-bond donors (Lipinski definition) is 2. The Kier molecular flexibility index (Phi) is 5.71. The number of phenols is 2. The van der Waals surface area contributed by atoms with Gasteiger partial charge in [0.25, 0.3) is 0 Å². The Morgan fingerprint density at radius 2 is 1.79 bits per heavy atom. The number of rotatable bonds is 7. The van der Waals surface area contributed by atoms with Gasteiger partial charge in [-0.1, -0.05) is 30.3 Å². The fraction of sp³-hybridized carbons (Fsp3) is 0.348. The molecule has 1 fully saturated rings. The van der Waals surface area contributed by atoms with Crippen LogP contribution in [0.1, 0.15) is 25.7 Å². The van der Waals surface area contributed by atoms with E-state index >= 15 is 0 Å². The van der Waals surface area contributed by atoms with Gasteiger partial charge in [-0.3, -0.25) is 4.79 Å². The molecule has 0 atom stereocenters. The molecular formula is C23H25NO5. The highest BCUT2D eigenvalue weighted by Crippen LogP contribution is 2.41. The SMILES string of the molecule is O=c1cc(-c2ccccc2)oc2cc(O)c(OCCCCN3CCCC3)c(O)c12. The molecule has 0 unspecified atom stereocenters. The van der Waals surface area contributed by atoms with E-state index in [1.165, 1.54) is 25.0 Å². The number of phenolic OH excluding ortho intramolecular Hbond substituents is 2. The van der Waals surface area contributed by atoms with E-state index in [0.717, 1.165) is 38.0 Å². The van der Waals surface area contributed by atoms with Gasteiger partial charge in [0.1, 0.15) is 16.7 Å². The van der Waals surface area contributed by atoms with E-state index < -0.39 is 0 Å². The molecule has 0 aliphatic carbocycles. The normalized spacial score (nSPS) is 14.5. The van der Waals surface area contributed by atoms with Crippen LogP contribution in [0.4, 0.5) is 0 Å². The smallest absolute Gasteiger partial charge is 0.204 e. The van der Waals surface area contributed by atoms with Crippen LogP contribution in [0.2, 0.25) is 0 Å². The first-order valence-corrected chi connectivity index (χ1v) is 10.1. The Hall–Kier alpha value is -2.99. The van der Waals surface area contributed by atoms with E-state index in [2.05, 4.69) is 4.90 Å². The zero-order valence-corrected chi connectivity index (χ0v) is 16.3. The van der Waals surface area contributed by atoms with Crippen molar-refractivity contribution in [1.29, 1.82) is 0 Å². The molecule has 6 heteroatoms. The molecule has 29 heavy (non-hydrogen) atoms. The molecule has 0 amide bonds. The summed E-state index contributed by atoms with van der Waals surface area (Å²) in [5, 5.41) is 20.9. The Balaban J connectivity index is 1.51. The van der Waals surface area contributed by atoms with Gasteiger partial charge in [0, 0.05) is 17.7 Å². The molecule has 2 aromatic carbocycles. The fourth-order valence-corrected chi connectivity index (χ4v) is 3.78. The third kappa shape index (κ3) is 4.22. The zero-order chi connectivity index (χ0) is 20.2. The summed E-state index contributed by atoms with van der Waals surface area (Å²) in [6, 6.07) is 11.9. The zero-order valence-electron chi connectivity index (χ0n) is 16.3. The van der Waals surface area contributed by atoms with Crippen LogP contribution in [-0.4, -0.2) is 41.4 Å². The third-order valence-electron chi connectivity index (χ3n) is 5.30. The molecule has 1 aromatic heterocycles. The Morgan fingerprint density at radius 1 is 1.03 bits per heavy atom. The molecule has 3 aromatic rings. The number of unbranched alkanes of at least 4 members (excludes halogenated alkanes) is 1. The molecule has 1 aliphatic heterocycles. The largest absolute Gasteiger partial charge is 0.504 e. The Bertz CT molecular complexity index is 1040. The highest BCUT2D eigenvalue weighted by atomic mass is 16.5. The van der Waals surface area contributed by atoms with E-state index in [9.17, 15) is 15.0 Å². The van der Waals surface area contributed by atoms with Crippen molar-refractivity contribution in [3.63, 3.8) is 0 Å². The number of ether oxygens (including phenoxy) is 1. The van der Waals surface area contributed by atoms with E-state index in [1.807, 2.05) is 30.3 Å². The van der Waals surface area contributed by atoms with Gasteiger partial charge < -0.3 is 24.3 Å². The molecule has 0 radical (unpaired) electrons. The third-order valence-corrected chi connectivity index (χ3v) is 5.30. The maximum atomic E-state index is 12.6. The number of likely N-dealkylation sites (tertiary alicyclic amines) is 1. The van der Waals surface area contributed by atoms with Gasteiger partial charge >= 0.3 is 0 Å². The first kappa shape index (κ1) is 19.3. The van der Waals surface area contributed by atoms with Gasteiger partial charge in [0.05, 0.1) is 6.61 Å². The summed E-state index contributed by atoms with van der Waals surface area (Å²) >= 11 is 0. The molecular weight excluding hydrogens is 370 g/mol. The predicted octanol–water partition coefficient (Wildman–Crippen LogP) is 4.13. The van der Waals surface area contributed by atoms with Gasteiger partial charge in [-0.05, 0) is 45.3 Å². The molecule has 0 saturated carbocycles. The molecule has 0 spiro atoms. The number of aromatic hydroxyl groups is 2. The molecule has 2 heterocycles. The summed E-state index contributed by atoms with van der Waals surface area (Å²) < 4.78 is 11.4. The molecule has 1 aliphatic rings. The Labute approximate surface area is 169 Å². The van der Waals surface area contributed by atoms with Crippen LogP contribution in [0.25, 0.3) is 22.3 Å². The lowest BCUT2D eigenvalue weighted by Gasteiger charge is -2.15. The summed E-state index contributed by atoms with van der Waals surface area (Å²) in [6.07, 6.45) is 4.32. The first-order chi connectivity index (χ1) is 14.1. The number of hydrogen-bond acceptors (Lipinski definition) is 6. The monoisotopic (exact) mass is 395 g/mol. The van der Waals surface area contributed by atoms with Crippen LogP contribution in [0, 0.1) is 0 Å². The maximum Gasteiger partial charge on any atom is 0.204 e. The molecule has 6 nitrogen and oxygen atoms in total. The van der Waals surface area contributed by atoms with E-state index in [1.54, 1.807) is 0 Å². The van der Waals surface area contributed by atoms with Crippen molar-refractivity contribution >= 4 is 11.0 Å². The maximum absolute atomic E-state index is 12.6. The van der Waals surface area contributed by atoms with Crippen LogP contribution < -0.4 is 10.2 Å². The van der Waals surface area contributed by atoms with Crippen LogP contribution >= 0.6 is 0 Å². The Morgan fingerprint density at radius 3 is 2.55 bits per heavy atom. The van der Waals surface area contributed by atoms with E-state index in [0.29, 0.717) is 12.4 Å². The quantitative estimate of drug-likeness (QED) is 0.586. The molecule has 1 saturated heterocycles. The molecule has 2 N–H and O–H groups in total. The van der Waals surface area contributed by atoms with Crippen molar-refractivity contribution in [1.82, 2.24) is 4.90 Å². The summed E-state index contributed by atoms with van der Waals surface area (Å²) in [5.41, 5.74) is 0.470. The predicted molar refractivity (Wildman–Crippen MR) is 112 cm³/mol. The summed E-state index contributed by atoms with van der Waals surface area (Å²) in [6.45, 7) is 3.71. The first-order valence-electron chi connectivity index (χ1n) is 10.1. The average Bonchev–Trinajstić information content (AvgIpc) is 3.23. The number of nitrogens with zero attached hydrogens (tertiary/aromatic N) is 1. The van der Waals surface area contributed by atoms with Crippen LogP contribution in [-0.2, 0) is 0 Å². The average molecular weight is 395 g/mol. The second kappa shape index (κ2) is 8.57. The molecule has 4 rings (SSSR count). The van der Waals surface area contributed by atoms with Gasteiger partial charge in [-0.25, -0.2) is 0 Å². The molecule has 0 bridgehead atoms. The second-order valence-electron chi connectivity index (χ2n) is 7.39. The van der Waals surface area contributed by atoms with Crippen LogP contribution in [0.15, 0.2) is 51.7 Å². The summed E-state index contributed by atoms with van der Waals surface area (Å²) in [5.74, 6) is -0.327. The van der Waals surface area contributed by atoms with Gasteiger partial charge in [-0.15, -0.1) is 0 Å². The van der Waals surface area contributed by atoms with Crippen LogP contribution in [0.3, 0.4) is 0 Å². The highest BCUT2D eigenvalue weighted by molar-refractivity contribution is 5.89. The van der Waals surface area contributed by atoms with Crippen molar-refractivity contribution in [2.45, 2.75) is 25.7 Å². The molecule has 152 valence electrons. The van der Waals surface area contributed by atoms with Crippen molar-refractivity contribution in [2.75, 3.05) is 26.2 Å². The van der Waals surface area contributed by atoms with Crippen LogP contribution in [0.5, 0.6) is 17.2 Å². The number of fused-ring (bicyclic) bond motifs is 1.